The number of fused-ring (bicyclic) bond motifs is 2. The molecule has 0 unspecified atom stereocenters. The number of carboxylic acids is 3. The van der Waals surface area contributed by atoms with Crippen molar-refractivity contribution < 1.29 is 93.0 Å². The van der Waals surface area contributed by atoms with Crippen LogP contribution in [0.5, 0.6) is 5.75 Å². The Bertz CT molecular complexity index is 3530. The molecule has 94 heavy (non-hydrogen) atoms. The fourth-order valence-corrected chi connectivity index (χ4v) is 10.0. The van der Waals surface area contributed by atoms with Crippen LogP contribution in [0.25, 0.3) is 21.8 Å². The number of carbonyl (C=O) groups excluding carboxylic acids is 10. The molecular weight excluding hydrogens is 1230 g/mol. The summed E-state index contributed by atoms with van der Waals surface area (Å²) in [6, 6.07) is 2.48. The molecular formula is C62H81N13O19. The quantitative estimate of drug-likeness (QED) is 0.0193. The molecule has 2 heterocycles. The van der Waals surface area contributed by atoms with E-state index in [9.17, 15) is 93.0 Å². The third-order valence-corrected chi connectivity index (χ3v) is 14.8. The van der Waals surface area contributed by atoms with Crippen molar-refractivity contribution in [2.24, 2.45) is 23.3 Å². The zero-order valence-corrected chi connectivity index (χ0v) is 51.9. The summed E-state index contributed by atoms with van der Waals surface area (Å²) >= 11 is 0. The fraction of sp³-hybridized carbons (Fsp3) is 0.435. The molecule has 0 aliphatic rings. The zero-order valence-electron chi connectivity index (χ0n) is 51.9. The first-order valence-electron chi connectivity index (χ1n) is 30.0. The van der Waals surface area contributed by atoms with Crippen molar-refractivity contribution in [3.05, 3.63) is 102 Å². The van der Waals surface area contributed by atoms with Crippen LogP contribution in [-0.4, -0.2) is 191 Å². The molecule has 0 fully saturated rings. The van der Waals surface area contributed by atoms with Crippen LogP contribution in [-0.2, 0) is 81.6 Å². The van der Waals surface area contributed by atoms with Gasteiger partial charge in [0.15, 0.2) is 0 Å². The van der Waals surface area contributed by atoms with Crippen LogP contribution in [0.1, 0.15) is 82.9 Å². The number of aromatic hydroxyl groups is 1. The summed E-state index contributed by atoms with van der Waals surface area (Å²) in [6.45, 7) is 4.62. The SMILES string of the molecule is CC(C)C[C@H](NC(=O)[C@H](Cc1c[nH]c2ccccc12)NC(=O)[C@H](CC(C)C)NC(=O)[C@H](CO)NC(=O)[C@H](Cc1ccc(O)cc1)NC(=O)[C@H](CCC(=O)O)NC(=O)[C@H](Cc1c[nH]c2ccccc12)NC(=O)[C@@H](N)CC(=O)O)C(=O)N[C@@H](CO)C(=O)N[C@@H](CC(N)=O)C(=O)O. The van der Waals surface area contributed by atoms with Gasteiger partial charge < -0.3 is 99.9 Å². The number of carboxylic acid groups (broad SMARTS) is 3. The molecule has 10 amide bonds. The number of benzene rings is 3. The van der Waals surface area contributed by atoms with Gasteiger partial charge in [-0.2, -0.15) is 0 Å². The van der Waals surface area contributed by atoms with E-state index in [4.69, 9.17) is 11.5 Å². The Labute approximate surface area is 537 Å². The van der Waals surface area contributed by atoms with Gasteiger partial charge in [0.05, 0.1) is 32.1 Å². The van der Waals surface area contributed by atoms with Crippen LogP contribution in [0.3, 0.4) is 0 Å². The van der Waals surface area contributed by atoms with Gasteiger partial charge in [-0.25, -0.2) is 4.79 Å². The van der Waals surface area contributed by atoms with E-state index in [2.05, 4.69) is 52.5 Å². The second kappa shape index (κ2) is 35.4. The number of rotatable bonds is 38. The Morgan fingerprint density at radius 1 is 0.436 bits per heavy atom. The van der Waals surface area contributed by atoms with Crippen molar-refractivity contribution >= 4 is 98.8 Å². The van der Waals surface area contributed by atoms with Gasteiger partial charge in [0, 0.05) is 59.9 Å². The van der Waals surface area contributed by atoms with Crippen LogP contribution in [0.4, 0.5) is 0 Å². The van der Waals surface area contributed by atoms with Gasteiger partial charge in [0.25, 0.3) is 0 Å². The second-order valence-corrected chi connectivity index (χ2v) is 23.3. The van der Waals surface area contributed by atoms with Crippen LogP contribution in [0, 0.1) is 11.8 Å². The topological polar surface area (TPSA) is 535 Å². The first kappa shape index (κ1) is 74.3. The molecule has 0 radical (unpaired) electrons. The lowest BCUT2D eigenvalue weighted by Gasteiger charge is -2.28. The number of primary amides is 1. The number of nitrogens with one attached hydrogen (secondary N) is 11. The molecule has 5 aromatic rings. The number of H-pyrrole nitrogens is 2. The molecule has 0 saturated heterocycles. The molecule has 0 bridgehead atoms. The summed E-state index contributed by atoms with van der Waals surface area (Å²) in [5, 5.41) is 82.5. The number of aromatic amines is 2. The Morgan fingerprint density at radius 3 is 1.20 bits per heavy atom. The fourth-order valence-electron chi connectivity index (χ4n) is 10.0. The van der Waals surface area contributed by atoms with Gasteiger partial charge in [-0.3, -0.25) is 57.5 Å². The molecule has 10 atom stereocenters. The van der Waals surface area contributed by atoms with Gasteiger partial charge in [0.1, 0.15) is 60.1 Å². The zero-order chi connectivity index (χ0) is 69.5. The minimum absolute atomic E-state index is 0.0880. The van der Waals surface area contributed by atoms with Crippen molar-refractivity contribution in [2.45, 2.75) is 146 Å². The number of para-hydroxylation sites is 2. The summed E-state index contributed by atoms with van der Waals surface area (Å²) in [7, 11) is 0. The Balaban J connectivity index is 1.41. The third kappa shape index (κ3) is 22.7. The molecule has 0 aliphatic carbocycles. The minimum atomic E-state index is -1.89. The Hall–Kier alpha value is -10.5. The van der Waals surface area contributed by atoms with E-state index in [-0.39, 0.29) is 43.3 Å². The second-order valence-electron chi connectivity index (χ2n) is 23.3. The number of aliphatic hydroxyl groups is 2. The molecule has 5 rings (SSSR count). The van der Waals surface area contributed by atoms with E-state index in [1.165, 1.54) is 24.3 Å². The molecule has 21 N–H and O–H groups in total. The highest BCUT2D eigenvalue weighted by molar-refractivity contribution is 6.00. The number of aliphatic hydroxyl groups excluding tert-OH is 2. The number of phenolic OH excluding ortho intramolecular Hbond substituents is 1. The van der Waals surface area contributed by atoms with Gasteiger partial charge in [-0.1, -0.05) is 76.2 Å². The first-order valence-corrected chi connectivity index (χ1v) is 30.0. The number of aromatic nitrogens is 2. The van der Waals surface area contributed by atoms with Gasteiger partial charge in [-0.05, 0) is 72.1 Å². The summed E-state index contributed by atoms with van der Waals surface area (Å²) in [5.74, 6) is -16.1. The molecule has 32 heteroatoms. The van der Waals surface area contributed by atoms with E-state index < -0.39 is 183 Å². The lowest BCUT2D eigenvalue weighted by molar-refractivity contribution is -0.144. The van der Waals surface area contributed by atoms with Crippen LogP contribution < -0.4 is 59.3 Å². The van der Waals surface area contributed by atoms with E-state index in [0.29, 0.717) is 38.5 Å². The summed E-state index contributed by atoms with van der Waals surface area (Å²) in [6.07, 6.45) is -0.941. The molecule has 3 aromatic carbocycles. The molecule has 2 aromatic heterocycles. The number of aliphatic carboxylic acids is 3. The number of nitrogens with two attached hydrogens (primary N) is 2. The van der Waals surface area contributed by atoms with Gasteiger partial charge in [-0.15, -0.1) is 0 Å². The number of hydrogen-bond donors (Lipinski definition) is 19. The van der Waals surface area contributed by atoms with E-state index in [0.717, 1.165) is 0 Å². The Kier molecular flexibility index (Phi) is 27.9. The number of hydrogen-bond acceptors (Lipinski definition) is 17. The lowest BCUT2D eigenvalue weighted by Crippen LogP contribution is -2.61. The average Bonchev–Trinajstić information content (AvgIpc) is 1.73. The van der Waals surface area contributed by atoms with Crippen molar-refractivity contribution in [1.82, 2.24) is 57.8 Å². The lowest BCUT2D eigenvalue weighted by atomic mass is 9.99. The molecule has 508 valence electrons. The van der Waals surface area contributed by atoms with Gasteiger partial charge in [0.2, 0.25) is 59.1 Å². The minimum Gasteiger partial charge on any atom is -0.508 e. The summed E-state index contributed by atoms with van der Waals surface area (Å²) in [4.78, 5) is 180. The van der Waals surface area contributed by atoms with Crippen molar-refractivity contribution in [3.63, 3.8) is 0 Å². The van der Waals surface area contributed by atoms with Crippen molar-refractivity contribution in [2.75, 3.05) is 13.2 Å². The Morgan fingerprint density at radius 2 is 0.798 bits per heavy atom. The van der Waals surface area contributed by atoms with Gasteiger partial charge >= 0.3 is 17.9 Å². The van der Waals surface area contributed by atoms with Crippen molar-refractivity contribution in [3.8, 4) is 5.75 Å². The highest BCUT2D eigenvalue weighted by atomic mass is 16.4. The van der Waals surface area contributed by atoms with Crippen molar-refractivity contribution in [1.29, 1.82) is 0 Å². The van der Waals surface area contributed by atoms with E-state index in [1.54, 1.807) is 88.6 Å². The maximum Gasteiger partial charge on any atom is 0.326 e. The third-order valence-electron chi connectivity index (χ3n) is 14.8. The number of amides is 10. The molecule has 32 nitrogen and oxygen atoms in total. The summed E-state index contributed by atoms with van der Waals surface area (Å²) in [5.41, 5.74) is 13.6. The average molecular weight is 1310 g/mol. The van der Waals surface area contributed by atoms with Crippen LogP contribution >= 0.6 is 0 Å². The standard InChI is InChI=1S/C62H81N13O19/c1-30(2)19-42(55(86)72-46(23-34-27-66-40-12-8-6-10-37(34)40)59(90)69-43(20-31(3)4)56(87)74-49(29-77)61(92)73-47(62(93)94)25-50(64)79)70-60(91)48(28-76)75-57(88)44(21-32-13-15-35(78)16-14-32)71-54(85)41(17-18-51(80)81)67-58(89)45(68-53(84)38(63)24-52(82)83)22-33-26-65-39-11-7-5-9-36(33)39/h5-16,26-27,30-31,38,41-49,65-66,76-78H,17-25,28-29,63H2,1-4H3,(H2,64,79)(H,67,89)(H,68,84)(H,69,90)(H,70,91)(H,71,85)(H,72,86)(H,73,92)(H,74,87)(H,75,88)(H,80,81)(H,82,83)(H,93,94)/t38-,41-,42-,43-,44-,45-,46-,47-,48-,49-/m0/s1. The highest BCUT2D eigenvalue weighted by Gasteiger charge is 2.37. The largest absolute Gasteiger partial charge is 0.508 e. The molecule has 0 saturated carbocycles. The van der Waals surface area contributed by atoms with Crippen LogP contribution in [0.15, 0.2) is 85.2 Å². The highest BCUT2D eigenvalue weighted by Crippen LogP contribution is 2.22. The number of phenols is 1. The maximum atomic E-state index is 14.6. The first-order chi connectivity index (χ1) is 44.5. The molecule has 0 aliphatic heterocycles. The van der Waals surface area contributed by atoms with Crippen LogP contribution in [0.2, 0.25) is 0 Å². The molecule has 0 spiro atoms. The predicted octanol–water partition coefficient (Wildman–Crippen LogP) is -2.55. The monoisotopic (exact) mass is 1310 g/mol. The summed E-state index contributed by atoms with van der Waals surface area (Å²) < 4.78 is 0. The number of carbonyl (C=O) groups is 13. The normalized spacial score (nSPS) is 14.5. The van der Waals surface area contributed by atoms with E-state index in [1.807, 2.05) is 5.32 Å². The predicted molar refractivity (Wildman–Crippen MR) is 335 cm³/mol. The smallest absolute Gasteiger partial charge is 0.326 e. The maximum absolute atomic E-state index is 14.6. The van der Waals surface area contributed by atoms with E-state index >= 15 is 0 Å².